The highest BCUT2D eigenvalue weighted by Gasteiger charge is 2.24. The molecule has 1 fully saturated rings. The number of nitrogens with zero attached hydrogens (tertiary/aromatic N) is 4. The van der Waals surface area contributed by atoms with E-state index in [9.17, 15) is 4.79 Å². The minimum absolute atomic E-state index is 0.0631. The molecule has 11 nitrogen and oxygen atoms in total. The first-order valence-corrected chi connectivity index (χ1v) is 14.7. The Hall–Kier alpha value is -4.61. The average molecular weight is 602 g/mol. The number of anilines is 2. The van der Waals surface area contributed by atoms with Crippen LogP contribution in [0.5, 0.6) is 17.2 Å². The van der Waals surface area contributed by atoms with Gasteiger partial charge < -0.3 is 38.5 Å². The summed E-state index contributed by atoms with van der Waals surface area (Å²) in [6.07, 6.45) is 5.80. The van der Waals surface area contributed by atoms with Gasteiger partial charge in [-0.15, -0.1) is 0 Å². The molecule has 1 N–H and O–H groups in total. The molecule has 0 atom stereocenters. The Balaban J connectivity index is 1.41. The van der Waals surface area contributed by atoms with Crippen LogP contribution in [-0.2, 0) is 9.53 Å². The zero-order chi connectivity index (χ0) is 30.9. The van der Waals surface area contributed by atoms with Crippen LogP contribution in [0.4, 0.5) is 11.5 Å². The first kappa shape index (κ1) is 30.8. The Morgan fingerprint density at radius 2 is 1.93 bits per heavy atom. The second-order valence-corrected chi connectivity index (χ2v) is 10.7. The lowest BCUT2D eigenvalue weighted by Gasteiger charge is -2.32. The summed E-state index contributed by atoms with van der Waals surface area (Å²) in [5.41, 5.74) is 2.30. The molecule has 11 heteroatoms. The van der Waals surface area contributed by atoms with E-state index in [1.54, 1.807) is 18.3 Å². The highest BCUT2D eigenvalue weighted by molar-refractivity contribution is 5.93. The van der Waals surface area contributed by atoms with Crippen LogP contribution in [0.2, 0.25) is 0 Å². The van der Waals surface area contributed by atoms with Crippen LogP contribution in [0.15, 0.2) is 72.1 Å². The monoisotopic (exact) mass is 601 g/mol. The number of benzene rings is 2. The second-order valence-electron chi connectivity index (χ2n) is 10.7. The summed E-state index contributed by atoms with van der Waals surface area (Å²) < 4.78 is 29.7. The van der Waals surface area contributed by atoms with E-state index < -0.39 is 0 Å². The summed E-state index contributed by atoms with van der Waals surface area (Å²) in [5, 5.41) is 4.18. The lowest BCUT2D eigenvalue weighted by molar-refractivity contribution is -0.127. The van der Waals surface area contributed by atoms with Crippen molar-refractivity contribution in [1.29, 1.82) is 0 Å². The number of rotatable bonds is 14. The molecule has 5 rings (SSSR count). The van der Waals surface area contributed by atoms with Gasteiger partial charge in [-0.1, -0.05) is 6.58 Å². The number of furan rings is 1. The molecule has 1 aliphatic rings. The molecule has 0 spiro atoms. The third-order valence-corrected chi connectivity index (χ3v) is 7.35. The normalized spacial score (nSPS) is 13.7. The summed E-state index contributed by atoms with van der Waals surface area (Å²) >= 11 is 0. The fraction of sp³-hybridized carbons (Fsp3) is 0.364. The van der Waals surface area contributed by atoms with Crippen LogP contribution in [0.3, 0.4) is 0 Å². The van der Waals surface area contributed by atoms with E-state index in [0.29, 0.717) is 74.3 Å². The van der Waals surface area contributed by atoms with Gasteiger partial charge in [0.05, 0.1) is 37.8 Å². The SMILES string of the molecule is C=CC(=O)N1CCC(Oc2cc3c(Nc4cc(-c5ccco5)ccc4OC)ncnc3cc2OCCOCCN(C)C)CC1. The number of hydrogen-bond acceptors (Lipinski definition) is 10. The smallest absolute Gasteiger partial charge is 0.245 e. The molecule has 0 radical (unpaired) electrons. The van der Waals surface area contributed by atoms with Crippen molar-refractivity contribution in [3.8, 4) is 28.6 Å². The van der Waals surface area contributed by atoms with Gasteiger partial charge in [-0.25, -0.2) is 9.97 Å². The van der Waals surface area contributed by atoms with E-state index in [-0.39, 0.29) is 12.0 Å². The van der Waals surface area contributed by atoms with Crippen LogP contribution in [0.25, 0.3) is 22.2 Å². The van der Waals surface area contributed by atoms with Crippen LogP contribution < -0.4 is 19.5 Å². The molecular formula is C33H39N5O6. The molecule has 0 unspecified atom stereocenters. The molecule has 44 heavy (non-hydrogen) atoms. The molecule has 2 aromatic heterocycles. The Morgan fingerprint density at radius 3 is 2.66 bits per heavy atom. The quantitative estimate of drug-likeness (QED) is 0.154. The van der Waals surface area contributed by atoms with Gasteiger partial charge in [0.25, 0.3) is 0 Å². The van der Waals surface area contributed by atoms with Crippen LogP contribution in [0, 0.1) is 0 Å². The number of carbonyl (C=O) groups is 1. The highest BCUT2D eigenvalue weighted by atomic mass is 16.5. The van der Waals surface area contributed by atoms with Gasteiger partial charge in [-0.3, -0.25) is 4.79 Å². The molecule has 1 saturated heterocycles. The minimum Gasteiger partial charge on any atom is -0.495 e. The van der Waals surface area contributed by atoms with Crippen molar-refractivity contribution < 1.29 is 28.2 Å². The van der Waals surface area contributed by atoms with Crippen LogP contribution in [0.1, 0.15) is 12.8 Å². The second kappa shape index (κ2) is 14.7. The molecule has 2 aromatic carbocycles. The number of amides is 1. The van der Waals surface area contributed by atoms with Crippen LogP contribution in [-0.4, -0.2) is 92.4 Å². The summed E-state index contributed by atoms with van der Waals surface area (Å²) in [6, 6.07) is 13.3. The number of nitrogens with one attached hydrogen (secondary N) is 1. The number of fused-ring (bicyclic) bond motifs is 1. The number of aromatic nitrogens is 2. The molecule has 232 valence electrons. The number of ether oxygens (including phenoxy) is 4. The van der Waals surface area contributed by atoms with Gasteiger partial charge in [-0.2, -0.15) is 0 Å². The molecule has 1 amide bonds. The van der Waals surface area contributed by atoms with E-state index in [4.69, 9.17) is 23.4 Å². The van der Waals surface area contributed by atoms with E-state index >= 15 is 0 Å². The number of methoxy groups -OCH3 is 1. The van der Waals surface area contributed by atoms with E-state index in [1.165, 1.54) is 12.4 Å². The van der Waals surface area contributed by atoms with Gasteiger partial charge in [-0.05, 0) is 56.6 Å². The zero-order valence-corrected chi connectivity index (χ0v) is 25.5. The first-order valence-electron chi connectivity index (χ1n) is 14.7. The standard InChI is InChI=1S/C33H39N5O6/c1-5-32(39)38-12-10-24(11-13-38)44-31-20-25-26(21-30(31)43-18-17-41-16-14-37(2)3)34-22-35-33(25)36-27-19-23(8-9-29(27)40-4)28-7-6-15-42-28/h5-9,15,19-22,24H,1,10-14,16-18H2,2-4H3,(H,34,35,36). The Labute approximate surface area is 257 Å². The fourth-order valence-electron chi connectivity index (χ4n) is 4.96. The zero-order valence-electron chi connectivity index (χ0n) is 25.5. The van der Waals surface area contributed by atoms with Gasteiger partial charge in [0.15, 0.2) is 11.5 Å². The molecule has 0 saturated carbocycles. The van der Waals surface area contributed by atoms with Crippen molar-refractivity contribution in [1.82, 2.24) is 19.8 Å². The number of likely N-dealkylation sites (tertiary alicyclic amines) is 1. The molecule has 0 bridgehead atoms. The Morgan fingerprint density at radius 1 is 1.09 bits per heavy atom. The minimum atomic E-state index is -0.0916. The van der Waals surface area contributed by atoms with Crippen molar-refractivity contribution in [3.63, 3.8) is 0 Å². The molecular weight excluding hydrogens is 562 g/mol. The van der Waals surface area contributed by atoms with E-state index in [2.05, 4.69) is 26.8 Å². The Bertz CT molecular complexity index is 1550. The van der Waals surface area contributed by atoms with Gasteiger partial charge in [0, 0.05) is 49.5 Å². The number of likely N-dealkylation sites (N-methyl/N-ethyl adjacent to an activating group) is 1. The number of piperidine rings is 1. The van der Waals surface area contributed by atoms with Crippen molar-refractivity contribution >= 4 is 28.3 Å². The number of hydrogen-bond donors (Lipinski definition) is 1. The number of carbonyl (C=O) groups excluding carboxylic acids is 1. The lowest BCUT2D eigenvalue weighted by Crippen LogP contribution is -2.41. The fourth-order valence-corrected chi connectivity index (χ4v) is 4.96. The van der Waals surface area contributed by atoms with Gasteiger partial charge in [0.1, 0.15) is 36.4 Å². The maximum atomic E-state index is 12.1. The highest BCUT2D eigenvalue weighted by Crippen LogP contribution is 2.38. The Kier molecular flexibility index (Phi) is 10.3. The maximum Gasteiger partial charge on any atom is 0.245 e. The summed E-state index contributed by atoms with van der Waals surface area (Å²) in [5.74, 6) is 3.06. The molecule has 1 aliphatic heterocycles. The van der Waals surface area contributed by atoms with Gasteiger partial charge in [0.2, 0.25) is 5.91 Å². The van der Waals surface area contributed by atoms with Gasteiger partial charge >= 0.3 is 0 Å². The maximum absolute atomic E-state index is 12.1. The first-order chi connectivity index (χ1) is 21.4. The van der Waals surface area contributed by atoms with E-state index in [1.807, 2.05) is 56.6 Å². The van der Waals surface area contributed by atoms with Crippen LogP contribution >= 0.6 is 0 Å². The topological polar surface area (TPSA) is 111 Å². The van der Waals surface area contributed by atoms with Crippen molar-refractivity contribution in [2.45, 2.75) is 18.9 Å². The lowest BCUT2D eigenvalue weighted by atomic mass is 10.1. The predicted octanol–water partition coefficient (Wildman–Crippen LogP) is 5.15. The van der Waals surface area contributed by atoms with E-state index in [0.717, 1.165) is 28.9 Å². The van der Waals surface area contributed by atoms with Crippen molar-refractivity contribution in [2.24, 2.45) is 0 Å². The summed E-state index contributed by atoms with van der Waals surface area (Å²) in [6.45, 7) is 7.05. The third-order valence-electron chi connectivity index (χ3n) is 7.35. The summed E-state index contributed by atoms with van der Waals surface area (Å²) in [4.78, 5) is 25.0. The third kappa shape index (κ3) is 7.66. The van der Waals surface area contributed by atoms with Crippen molar-refractivity contribution in [2.75, 3.05) is 66.0 Å². The summed E-state index contributed by atoms with van der Waals surface area (Å²) in [7, 11) is 5.64. The largest absolute Gasteiger partial charge is 0.495 e. The average Bonchev–Trinajstić information content (AvgIpc) is 3.58. The predicted molar refractivity (Wildman–Crippen MR) is 169 cm³/mol. The molecule has 4 aromatic rings. The molecule has 3 heterocycles. The van der Waals surface area contributed by atoms with Crippen molar-refractivity contribution in [3.05, 3.63) is 67.7 Å². The molecule has 0 aliphatic carbocycles.